The number of nitrogen functional groups attached to an aromatic ring is 1. The minimum atomic E-state index is -1.25. The van der Waals surface area contributed by atoms with Crippen LogP contribution >= 0.6 is 11.6 Å². The maximum atomic E-state index is 11.4. The van der Waals surface area contributed by atoms with Crippen LogP contribution in [-0.4, -0.2) is 66.5 Å². The van der Waals surface area contributed by atoms with Gasteiger partial charge in [0.2, 0.25) is 0 Å². The second kappa shape index (κ2) is 6.85. The van der Waals surface area contributed by atoms with E-state index < -0.39 is 30.5 Å². The molecule has 2 aromatic heterocycles. The van der Waals surface area contributed by atoms with Crippen LogP contribution in [0.3, 0.4) is 0 Å². The van der Waals surface area contributed by atoms with Gasteiger partial charge in [0.05, 0.1) is 12.7 Å². The summed E-state index contributed by atoms with van der Waals surface area (Å²) in [5, 5.41) is 20.3. The molecule has 4 atom stereocenters. The van der Waals surface area contributed by atoms with Crippen LogP contribution in [0.1, 0.15) is 12.6 Å². The maximum absolute atomic E-state index is 11.4. The van der Waals surface area contributed by atoms with E-state index in [0.717, 1.165) is 0 Å². The second-order valence-corrected chi connectivity index (χ2v) is 5.63. The molecule has 11 heteroatoms. The third kappa shape index (κ3) is 3.00. The van der Waals surface area contributed by atoms with E-state index in [2.05, 4.69) is 15.0 Å². The van der Waals surface area contributed by atoms with Gasteiger partial charge in [-0.05, 0) is 0 Å². The minimum Gasteiger partial charge on any atom is -0.463 e. The van der Waals surface area contributed by atoms with E-state index in [9.17, 15) is 15.0 Å². The number of nitrogens with zero attached hydrogens (tertiary/aromatic N) is 4. The maximum Gasteiger partial charge on any atom is 0.307 e. The average Bonchev–Trinajstić information content (AvgIpc) is 3.10. The Morgan fingerprint density at radius 1 is 1.38 bits per heavy atom. The highest BCUT2D eigenvalue weighted by Gasteiger charge is 2.44. The van der Waals surface area contributed by atoms with Gasteiger partial charge in [0, 0.05) is 5.88 Å². The number of carbonyl (C=O) groups is 1. The molecular formula is C13H16ClN5O5. The van der Waals surface area contributed by atoms with Crippen molar-refractivity contribution in [3.05, 3.63) is 12.7 Å². The van der Waals surface area contributed by atoms with Crippen molar-refractivity contribution in [3.8, 4) is 0 Å². The smallest absolute Gasteiger partial charge is 0.307 e. The number of hydrogen-bond donors (Lipinski definition) is 3. The van der Waals surface area contributed by atoms with Crippen LogP contribution in [0.4, 0.5) is 5.82 Å². The minimum absolute atomic E-state index is 0.0543. The predicted octanol–water partition coefficient (Wildman–Crippen LogP) is -0.800. The largest absolute Gasteiger partial charge is 0.463 e. The van der Waals surface area contributed by atoms with Gasteiger partial charge in [-0.3, -0.25) is 9.36 Å². The van der Waals surface area contributed by atoms with Crippen molar-refractivity contribution in [3.63, 3.8) is 0 Å². The fourth-order valence-corrected chi connectivity index (χ4v) is 2.63. The number of esters is 1. The fourth-order valence-electron chi connectivity index (χ4n) is 2.48. The van der Waals surface area contributed by atoms with Gasteiger partial charge in [0.1, 0.15) is 36.8 Å². The molecule has 0 amide bonds. The van der Waals surface area contributed by atoms with E-state index in [4.69, 9.17) is 26.8 Å². The summed E-state index contributed by atoms with van der Waals surface area (Å²) in [6.45, 7) is -0.200. The number of rotatable bonds is 5. The summed E-state index contributed by atoms with van der Waals surface area (Å²) in [5.74, 6) is -0.175. The molecule has 4 N–H and O–H groups in total. The molecule has 2 aromatic rings. The van der Waals surface area contributed by atoms with Gasteiger partial charge in [-0.15, -0.1) is 11.6 Å². The Bertz CT molecular complexity index is 741. The summed E-state index contributed by atoms with van der Waals surface area (Å²) in [7, 11) is 0. The first-order chi connectivity index (χ1) is 11.5. The van der Waals surface area contributed by atoms with Crippen molar-refractivity contribution in [2.24, 2.45) is 0 Å². The average molecular weight is 358 g/mol. The molecule has 1 saturated heterocycles. The molecule has 1 aliphatic rings. The van der Waals surface area contributed by atoms with E-state index in [-0.39, 0.29) is 24.7 Å². The molecule has 1 aliphatic heterocycles. The Morgan fingerprint density at radius 2 is 2.17 bits per heavy atom. The van der Waals surface area contributed by atoms with Crippen LogP contribution < -0.4 is 5.73 Å². The lowest BCUT2D eigenvalue weighted by molar-refractivity contribution is -0.149. The highest BCUT2D eigenvalue weighted by Crippen LogP contribution is 2.32. The Kier molecular flexibility index (Phi) is 4.81. The van der Waals surface area contributed by atoms with E-state index in [1.165, 1.54) is 17.2 Å². The molecule has 3 heterocycles. The van der Waals surface area contributed by atoms with Crippen molar-refractivity contribution in [1.29, 1.82) is 0 Å². The molecule has 0 bridgehead atoms. The molecule has 0 aromatic carbocycles. The van der Waals surface area contributed by atoms with E-state index >= 15 is 0 Å². The summed E-state index contributed by atoms with van der Waals surface area (Å²) in [6, 6.07) is 0. The van der Waals surface area contributed by atoms with Gasteiger partial charge >= 0.3 is 5.97 Å². The molecule has 0 radical (unpaired) electrons. The molecule has 0 unspecified atom stereocenters. The Labute approximate surface area is 141 Å². The number of fused-ring (bicyclic) bond motifs is 1. The Hall–Kier alpha value is -2.01. The third-order valence-corrected chi connectivity index (χ3v) is 3.89. The van der Waals surface area contributed by atoms with Crippen LogP contribution in [-0.2, 0) is 14.3 Å². The highest BCUT2D eigenvalue weighted by molar-refractivity contribution is 6.18. The number of ether oxygens (including phenoxy) is 2. The van der Waals surface area contributed by atoms with Crippen LogP contribution in [0.5, 0.6) is 0 Å². The topological polar surface area (TPSA) is 146 Å². The van der Waals surface area contributed by atoms with Gasteiger partial charge in [-0.2, -0.15) is 0 Å². The van der Waals surface area contributed by atoms with Gasteiger partial charge < -0.3 is 25.4 Å². The zero-order chi connectivity index (χ0) is 17.3. The fraction of sp³-hybridized carbons (Fsp3) is 0.538. The first-order valence-corrected chi connectivity index (χ1v) is 7.72. The molecule has 1 fully saturated rings. The van der Waals surface area contributed by atoms with Crippen molar-refractivity contribution >= 4 is 34.6 Å². The number of alkyl halides is 1. The summed E-state index contributed by atoms with van der Waals surface area (Å²) in [6.07, 6.45) is -1.63. The molecule has 0 aliphatic carbocycles. The normalized spacial score (nSPS) is 26.8. The van der Waals surface area contributed by atoms with Gasteiger partial charge in [-0.25, -0.2) is 15.0 Å². The van der Waals surface area contributed by atoms with E-state index in [1.807, 2.05) is 0 Å². The molecule has 10 nitrogen and oxygen atoms in total. The zero-order valence-electron chi connectivity index (χ0n) is 12.4. The molecular weight excluding hydrogens is 342 g/mol. The van der Waals surface area contributed by atoms with Crippen molar-refractivity contribution in [2.45, 2.75) is 31.0 Å². The quantitative estimate of drug-likeness (QED) is 0.462. The number of aliphatic hydroxyl groups is 2. The number of anilines is 1. The monoisotopic (exact) mass is 357 g/mol. The predicted molar refractivity (Wildman–Crippen MR) is 82.0 cm³/mol. The molecule has 0 saturated carbocycles. The van der Waals surface area contributed by atoms with E-state index in [0.29, 0.717) is 11.2 Å². The number of nitrogens with two attached hydrogens (primary N) is 1. The lowest BCUT2D eigenvalue weighted by atomic mass is 10.1. The molecule has 0 spiro atoms. The lowest BCUT2D eigenvalue weighted by Gasteiger charge is -2.16. The van der Waals surface area contributed by atoms with Crippen LogP contribution in [0.15, 0.2) is 12.7 Å². The molecule has 130 valence electrons. The highest BCUT2D eigenvalue weighted by atomic mass is 35.5. The van der Waals surface area contributed by atoms with Gasteiger partial charge in [0.25, 0.3) is 0 Å². The lowest BCUT2D eigenvalue weighted by Crippen LogP contribution is -2.34. The van der Waals surface area contributed by atoms with Crippen LogP contribution in [0.25, 0.3) is 11.2 Å². The number of carbonyl (C=O) groups excluding carboxylic acids is 1. The summed E-state index contributed by atoms with van der Waals surface area (Å²) < 4.78 is 12.0. The van der Waals surface area contributed by atoms with Crippen molar-refractivity contribution < 1.29 is 24.5 Å². The summed E-state index contributed by atoms with van der Waals surface area (Å²) in [5.41, 5.74) is 6.44. The summed E-state index contributed by atoms with van der Waals surface area (Å²) in [4.78, 5) is 23.3. The zero-order valence-corrected chi connectivity index (χ0v) is 13.2. The first-order valence-electron chi connectivity index (χ1n) is 7.19. The number of aromatic nitrogens is 4. The van der Waals surface area contributed by atoms with Gasteiger partial charge in [0.15, 0.2) is 17.7 Å². The summed E-state index contributed by atoms with van der Waals surface area (Å²) >= 11 is 5.45. The van der Waals surface area contributed by atoms with Crippen molar-refractivity contribution in [2.75, 3.05) is 18.2 Å². The second-order valence-electron chi connectivity index (χ2n) is 5.25. The first kappa shape index (κ1) is 16.8. The molecule has 3 rings (SSSR count). The number of aliphatic hydroxyl groups excluding tert-OH is 2. The molecule has 24 heavy (non-hydrogen) atoms. The SMILES string of the molecule is Nc1ncnc2c1ncn2[C@@H]1O[C@H](COC(=O)CCCl)[C@@H](O)[C@H]1O. The van der Waals surface area contributed by atoms with Crippen LogP contribution in [0.2, 0.25) is 0 Å². The Balaban J connectivity index is 1.77. The van der Waals surface area contributed by atoms with Crippen molar-refractivity contribution in [1.82, 2.24) is 19.5 Å². The number of imidazole rings is 1. The Morgan fingerprint density at radius 3 is 2.92 bits per heavy atom. The number of hydrogen-bond acceptors (Lipinski definition) is 9. The standard InChI is InChI=1S/C13H16ClN5O5/c14-2-1-7(20)23-3-6-9(21)10(22)13(24-6)19-5-18-8-11(15)16-4-17-12(8)19/h4-6,9-10,13,21-22H,1-3H2,(H2,15,16,17)/t6-,9-,10-,13-/m1/s1. The number of halogens is 1. The van der Waals surface area contributed by atoms with Crippen LogP contribution in [0, 0.1) is 0 Å². The van der Waals surface area contributed by atoms with E-state index in [1.54, 1.807) is 0 Å². The van der Waals surface area contributed by atoms with Gasteiger partial charge in [-0.1, -0.05) is 0 Å². The third-order valence-electron chi connectivity index (χ3n) is 3.71.